The zero-order valence-electron chi connectivity index (χ0n) is 9.46. The minimum atomic E-state index is -0.237. The molecule has 2 atom stereocenters. The fraction of sp³-hybridized carbons (Fsp3) is 0.538. The fourth-order valence-electron chi connectivity index (χ4n) is 2.27. The first kappa shape index (κ1) is 10.5. The van der Waals surface area contributed by atoms with E-state index in [4.69, 9.17) is 0 Å². The van der Waals surface area contributed by atoms with Gasteiger partial charge in [0.25, 0.3) is 0 Å². The molecule has 1 aromatic rings. The Morgan fingerprint density at radius 1 is 1.47 bits per heavy atom. The smallest absolute Gasteiger partial charge is 0.0782 e. The van der Waals surface area contributed by atoms with Crippen molar-refractivity contribution in [3.63, 3.8) is 0 Å². The molecule has 2 rings (SSSR count). The van der Waals surface area contributed by atoms with E-state index in [2.05, 4.69) is 37.4 Å². The number of aryl methyl sites for hydroxylation is 1. The highest BCUT2D eigenvalue weighted by atomic mass is 16.3. The Bertz CT molecular complexity index is 348. The van der Waals surface area contributed by atoms with Gasteiger partial charge in [0.15, 0.2) is 0 Å². The normalized spacial score (nSPS) is 24.5. The number of benzene rings is 1. The van der Waals surface area contributed by atoms with Crippen LogP contribution in [0.1, 0.15) is 30.9 Å². The SMILES string of the molecule is CCCC1Nc2ccc(C)cc2CC1O. The number of aliphatic hydroxyl groups is 1. The maximum atomic E-state index is 9.98. The molecular weight excluding hydrogens is 186 g/mol. The minimum absolute atomic E-state index is 0.227. The number of anilines is 1. The van der Waals surface area contributed by atoms with Crippen molar-refractivity contribution in [1.29, 1.82) is 0 Å². The van der Waals surface area contributed by atoms with Crippen molar-refractivity contribution in [2.75, 3.05) is 5.32 Å². The molecule has 0 saturated heterocycles. The molecule has 0 aromatic heterocycles. The van der Waals surface area contributed by atoms with Gasteiger partial charge < -0.3 is 10.4 Å². The van der Waals surface area contributed by atoms with Crippen LogP contribution in [0.3, 0.4) is 0 Å². The molecule has 1 aliphatic rings. The third-order valence-corrected chi connectivity index (χ3v) is 3.09. The molecule has 0 fully saturated rings. The monoisotopic (exact) mass is 205 g/mol. The lowest BCUT2D eigenvalue weighted by atomic mass is 9.92. The third kappa shape index (κ3) is 2.15. The number of nitrogens with one attached hydrogen (secondary N) is 1. The van der Waals surface area contributed by atoms with Crippen molar-refractivity contribution in [3.05, 3.63) is 29.3 Å². The van der Waals surface area contributed by atoms with Gasteiger partial charge in [0.1, 0.15) is 0 Å². The van der Waals surface area contributed by atoms with Gasteiger partial charge in [-0.05, 0) is 25.0 Å². The van der Waals surface area contributed by atoms with Crippen LogP contribution in [0.15, 0.2) is 18.2 Å². The Labute approximate surface area is 91.3 Å². The van der Waals surface area contributed by atoms with Crippen LogP contribution in [0.25, 0.3) is 0 Å². The standard InChI is InChI=1S/C13H19NO/c1-3-4-12-13(15)8-10-7-9(2)5-6-11(10)14-12/h5-7,12-15H,3-4,8H2,1-2H3. The second-order valence-electron chi connectivity index (χ2n) is 4.47. The van der Waals surface area contributed by atoms with Crippen LogP contribution in [0.2, 0.25) is 0 Å². The molecule has 0 saturated carbocycles. The summed E-state index contributed by atoms with van der Waals surface area (Å²) in [5, 5.41) is 13.4. The third-order valence-electron chi connectivity index (χ3n) is 3.09. The van der Waals surface area contributed by atoms with E-state index >= 15 is 0 Å². The fourth-order valence-corrected chi connectivity index (χ4v) is 2.27. The molecule has 0 spiro atoms. The lowest BCUT2D eigenvalue weighted by molar-refractivity contribution is 0.144. The Kier molecular flexibility index (Phi) is 2.96. The molecule has 2 heteroatoms. The maximum Gasteiger partial charge on any atom is 0.0782 e. The van der Waals surface area contributed by atoms with E-state index in [-0.39, 0.29) is 12.1 Å². The predicted molar refractivity (Wildman–Crippen MR) is 63.2 cm³/mol. The summed E-state index contributed by atoms with van der Waals surface area (Å²) >= 11 is 0. The summed E-state index contributed by atoms with van der Waals surface area (Å²) in [6.07, 6.45) is 2.69. The summed E-state index contributed by atoms with van der Waals surface area (Å²) in [7, 11) is 0. The molecule has 2 nitrogen and oxygen atoms in total. The molecule has 15 heavy (non-hydrogen) atoms. The number of hydrogen-bond donors (Lipinski definition) is 2. The van der Waals surface area contributed by atoms with Gasteiger partial charge in [-0.1, -0.05) is 31.0 Å². The Balaban J connectivity index is 2.22. The van der Waals surface area contributed by atoms with Gasteiger partial charge in [0.05, 0.1) is 12.1 Å². The van der Waals surface area contributed by atoms with Gasteiger partial charge in [-0.2, -0.15) is 0 Å². The van der Waals surface area contributed by atoms with E-state index in [9.17, 15) is 5.11 Å². The Morgan fingerprint density at radius 3 is 3.00 bits per heavy atom. The lowest BCUT2D eigenvalue weighted by Gasteiger charge is -2.31. The molecule has 2 unspecified atom stereocenters. The van der Waals surface area contributed by atoms with E-state index < -0.39 is 0 Å². The lowest BCUT2D eigenvalue weighted by Crippen LogP contribution is -2.39. The van der Waals surface area contributed by atoms with Crippen LogP contribution in [0.4, 0.5) is 5.69 Å². The summed E-state index contributed by atoms with van der Waals surface area (Å²) in [6, 6.07) is 6.63. The second kappa shape index (κ2) is 4.23. The summed E-state index contributed by atoms with van der Waals surface area (Å²) < 4.78 is 0. The summed E-state index contributed by atoms with van der Waals surface area (Å²) in [5.74, 6) is 0. The number of rotatable bonds is 2. The van der Waals surface area contributed by atoms with Crippen molar-refractivity contribution in [3.8, 4) is 0 Å². The van der Waals surface area contributed by atoms with Gasteiger partial charge >= 0.3 is 0 Å². The van der Waals surface area contributed by atoms with E-state index in [1.165, 1.54) is 16.8 Å². The van der Waals surface area contributed by atoms with Crippen LogP contribution in [0, 0.1) is 6.92 Å². The minimum Gasteiger partial charge on any atom is -0.391 e. The largest absolute Gasteiger partial charge is 0.391 e. The highest BCUT2D eigenvalue weighted by molar-refractivity contribution is 5.55. The summed E-state index contributed by atoms with van der Waals surface area (Å²) in [4.78, 5) is 0. The Hall–Kier alpha value is -1.02. The predicted octanol–water partition coefficient (Wildman–Crippen LogP) is 2.49. The molecule has 1 aliphatic heterocycles. The van der Waals surface area contributed by atoms with Crippen LogP contribution in [0.5, 0.6) is 0 Å². The first-order chi connectivity index (χ1) is 7.20. The van der Waals surface area contributed by atoms with Crippen LogP contribution in [-0.4, -0.2) is 17.3 Å². The van der Waals surface area contributed by atoms with Crippen molar-refractivity contribution >= 4 is 5.69 Å². The second-order valence-corrected chi connectivity index (χ2v) is 4.47. The van der Waals surface area contributed by atoms with Crippen molar-refractivity contribution in [1.82, 2.24) is 0 Å². The van der Waals surface area contributed by atoms with Crippen molar-refractivity contribution in [2.45, 2.75) is 45.3 Å². The first-order valence-electron chi connectivity index (χ1n) is 5.75. The number of hydrogen-bond acceptors (Lipinski definition) is 2. The van der Waals surface area contributed by atoms with Gasteiger partial charge in [-0.25, -0.2) is 0 Å². The first-order valence-corrected chi connectivity index (χ1v) is 5.75. The van der Waals surface area contributed by atoms with E-state index in [0.29, 0.717) is 0 Å². The molecule has 0 bridgehead atoms. The molecule has 0 aliphatic carbocycles. The van der Waals surface area contributed by atoms with E-state index in [0.717, 1.165) is 19.3 Å². The van der Waals surface area contributed by atoms with Crippen LogP contribution >= 0.6 is 0 Å². The molecule has 0 radical (unpaired) electrons. The van der Waals surface area contributed by atoms with Crippen LogP contribution in [-0.2, 0) is 6.42 Å². The average Bonchev–Trinajstić information content (AvgIpc) is 2.20. The zero-order valence-corrected chi connectivity index (χ0v) is 9.46. The highest BCUT2D eigenvalue weighted by Crippen LogP contribution is 2.27. The Morgan fingerprint density at radius 2 is 2.27 bits per heavy atom. The molecule has 1 heterocycles. The molecule has 82 valence electrons. The molecule has 1 aromatic carbocycles. The highest BCUT2D eigenvalue weighted by Gasteiger charge is 2.25. The zero-order chi connectivity index (χ0) is 10.8. The molecule has 0 amide bonds. The van der Waals surface area contributed by atoms with Gasteiger partial charge in [0, 0.05) is 12.1 Å². The average molecular weight is 205 g/mol. The summed E-state index contributed by atoms with van der Waals surface area (Å²) in [5.41, 5.74) is 3.70. The molecular formula is C13H19NO. The quantitative estimate of drug-likeness (QED) is 0.777. The molecule has 2 N–H and O–H groups in total. The topological polar surface area (TPSA) is 32.3 Å². The van der Waals surface area contributed by atoms with Gasteiger partial charge in [0.2, 0.25) is 0 Å². The van der Waals surface area contributed by atoms with Crippen LogP contribution < -0.4 is 5.32 Å². The van der Waals surface area contributed by atoms with E-state index in [1.54, 1.807) is 0 Å². The van der Waals surface area contributed by atoms with E-state index in [1.807, 2.05) is 0 Å². The summed E-state index contributed by atoms with van der Waals surface area (Å²) in [6.45, 7) is 4.24. The van der Waals surface area contributed by atoms with Crippen molar-refractivity contribution in [2.24, 2.45) is 0 Å². The van der Waals surface area contributed by atoms with Gasteiger partial charge in [-0.15, -0.1) is 0 Å². The number of fused-ring (bicyclic) bond motifs is 1. The van der Waals surface area contributed by atoms with Crippen molar-refractivity contribution < 1.29 is 5.11 Å². The maximum absolute atomic E-state index is 9.98. The van der Waals surface area contributed by atoms with Gasteiger partial charge in [-0.3, -0.25) is 0 Å². The number of aliphatic hydroxyl groups excluding tert-OH is 1.